The molecule has 0 aromatic carbocycles. The van der Waals surface area contributed by atoms with Crippen LogP contribution in [-0.4, -0.2) is 29.7 Å². The Balaban J connectivity index is 1.69. The van der Waals surface area contributed by atoms with Crippen molar-refractivity contribution in [3.8, 4) is 0 Å². The van der Waals surface area contributed by atoms with Crippen LogP contribution in [0.1, 0.15) is 26.2 Å². The predicted octanol–water partition coefficient (Wildman–Crippen LogP) is 0.559. The molecule has 0 radical (unpaired) electrons. The Morgan fingerprint density at radius 1 is 1.47 bits per heavy atom. The Morgan fingerprint density at radius 2 is 2.07 bits per heavy atom. The lowest BCUT2D eigenvalue weighted by Gasteiger charge is -2.11. The van der Waals surface area contributed by atoms with E-state index < -0.39 is 11.4 Å². The summed E-state index contributed by atoms with van der Waals surface area (Å²) in [6, 6.07) is 0.0434. The standard InChI is InChI=1S/C10H16N2O3/c1-6-4-7(6)12-9(15)11-5-10(2-3-10)8(13)14/h6-7H,2-5H2,1H3,(H,13,14)(H2,11,12,15). The van der Waals surface area contributed by atoms with Crippen LogP contribution in [-0.2, 0) is 4.79 Å². The lowest BCUT2D eigenvalue weighted by atomic mass is 10.1. The summed E-state index contributed by atoms with van der Waals surface area (Å²) in [7, 11) is 0. The molecule has 0 saturated heterocycles. The Bertz CT molecular complexity index is 299. The molecule has 2 saturated carbocycles. The second-order valence-electron chi connectivity index (χ2n) is 4.73. The maximum atomic E-state index is 11.3. The maximum Gasteiger partial charge on any atom is 0.315 e. The van der Waals surface area contributed by atoms with E-state index in [1.165, 1.54) is 0 Å². The molecule has 0 aliphatic heterocycles. The molecule has 2 fully saturated rings. The smallest absolute Gasteiger partial charge is 0.315 e. The number of aliphatic carboxylic acids is 1. The van der Waals surface area contributed by atoms with E-state index in [2.05, 4.69) is 17.6 Å². The first kappa shape index (κ1) is 10.3. The van der Waals surface area contributed by atoms with Gasteiger partial charge < -0.3 is 15.7 Å². The van der Waals surface area contributed by atoms with Gasteiger partial charge >= 0.3 is 12.0 Å². The van der Waals surface area contributed by atoms with Crippen LogP contribution in [0.2, 0.25) is 0 Å². The number of carboxylic acid groups (broad SMARTS) is 1. The normalized spacial score (nSPS) is 30.5. The Labute approximate surface area is 88.2 Å². The van der Waals surface area contributed by atoms with Gasteiger partial charge in [0.05, 0.1) is 5.41 Å². The van der Waals surface area contributed by atoms with Gasteiger partial charge in [0.2, 0.25) is 0 Å². The number of nitrogens with one attached hydrogen (secondary N) is 2. The van der Waals surface area contributed by atoms with Crippen molar-refractivity contribution in [3.63, 3.8) is 0 Å². The fourth-order valence-corrected chi connectivity index (χ4v) is 1.61. The van der Waals surface area contributed by atoms with Gasteiger partial charge in [-0.3, -0.25) is 4.79 Å². The summed E-state index contributed by atoms with van der Waals surface area (Å²) in [5, 5.41) is 14.3. The van der Waals surface area contributed by atoms with Crippen molar-refractivity contribution in [2.75, 3.05) is 6.54 Å². The van der Waals surface area contributed by atoms with E-state index in [0.29, 0.717) is 18.8 Å². The van der Waals surface area contributed by atoms with Crippen molar-refractivity contribution in [2.45, 2.75) is 32.2 Å². The molecule has 2 atom stereocenters. The number of hydrogen-bond acceptors (Lipinski definition) is 2. The number of rotatable bonds is 4. The molecule has 0 heterocycles. The second kappa shape index (κ2) is 3.40. The highest BCUT2D eigenvalue weighted by Gasteiger charge is 2.50. The highest BCUT2D eigenvalue weighted by atomic mass is 16.4. The highest BCUT2D eigenvalue weighted by molar-refractivity contribution is 5.80. The molecule has 2 unspecified atom stereocenters. The van der Waals surface area contributed by atoms with Crippen LogP contribution in [0.25, 0.3) is 0 Å². The van der Waals surface area contributed by atoms with Gasteiger partial charge in [0.15, 0.2) is 0 Å². The molecule has 5 nitrogen and oxygen atoms in total. The summed E-state index contributed by atoms with van der Waals surface area (Å²) in [6.45, 7) is 2.32. The summed E-state index contributed by atoms with van der Waals surface area (Å²) in [5.74, 6) is -0.243. The SMILES string of the molecule is CC1CC1NC(=O)NCC1(C(=O)O)CC1. The van der Waals surface area contributed by atoms with Crippen LogP contribution in [0.15, 0.2) is 0 Å². The van der Waals surface area contributed by atoms with E-state index in [1.54, 1.807) is 0 Å². The first-order valence-corrected chi connectivity index (χ1v) is 5.31. The quantitative estimate of drug-likeness (QED) is 0.637. The molecule has 2 aliphatic rings. The molecule has 0 aromatic rings. The van der Waals surface area contributed by atoms with Gasteiger partial charge in [-0.15, -0.1) is 0 Å². The minimum atomic E-state index is -0.803. The van der Waals surface area contributed by atoms with E-state index in [4.69, 9.17) is 5.11 Å². The first-order valence-electron chi connectivity index (χ1n) is 5.31. The highest BCUT2D eigenvalue weighted by Crippen LogP contribution is 2.45. The molecule has 2 rings (SSSR count). The average Bonchev–Trinajstić information content (AvgIpc) is 3.02. The van der Waals surface area contributed by atoms with Gasteiger partial charge in [0.25, 0.3) is 0 Å². The maximum absolute atomic E-state index is 11.3. The van der Waals surface area contributed by atoms with E-state index in [1.807, 2.05) is 0 Å². The zero-order valence-corrected chi connectivity index (χ0v) is 8.75. The monoisotopic (exact) mass is 212 g/mol. The number of carbonyl (C=O) groups is 2. The molecule has 84 valence electrons. The average molecular weight is 212 g/mol. The van der Waals surface area contributed by atoms with Gasteiger partial charge in [-0.2, -0.15) is 0 Å². The molecule has 2 amide bonds. The first-order chi connectivity index (χ1) is 7.03. The summed E-state index contributed by atoms with van der Waals surface area (Å²) in [5.41, 5.74) is -0.674. The largest absolute Gasteiger partial charge is 0.481 e. The third-order valence-corrected chi connectivity index (χ3v) is 3.32. The van der Waals surface area contributed by atoms with E-state index >= 15 is 0 Å². The number of urea groups is 1. The molecule has 3 N–H and O–H groups in total. The molecule has 5 heteroatoms. The zero-order valence-electron chi connectivity index (χ0n) is 8.75. The van der Waals surface area contributed by atoms with E-state index in [-0.39, 0.29) is 18.6 Å². The topological polar surface area (TPSA) is 78.4 Å². The van der Waals surface area contributed by atoms with Crippen molar-refractivity contribution in [2.24, 2.45) is 11.3 Å². The minimum absolute atomic E-state index is 0.239. The molecular formula is C10H16N2O3. The van der Waals surface area contributed by atoms with Crippen LogP contribution < -0.4 is 10.6 Å². The van der Waals surface area contributed by atoms with Crippen LogP contribution >= 0.6 is 0 Å². The molecule has 15 heavy (non-hydrogen) atoms. The lowest BCUT2D eigenvalue weighted by molar-refractivity contribution is -0.143. The third kappa shape index (κ3) is 2.22. The summed E-state index contributed by atoms with van der Waals surface area (Å²) >= 11 is 0. The Kier molecular flexibility index (Phi) is 2.32. The Hall–Kier alpha value is -1.26. The number of hydrogen-bond donors (Lipinski definition) is 3. The van der Waals surface area contributed by atoms with Crippen molar-refractivity contribution in [1.82, 2.24) is 10.6 Å². The summed E-state index contributed by atoms with van der Waals surface area (Å²) < 4.78 is 0. The van der Waals surface area contributed by atoms with E-state index in [0.717, 1.165) is 6.42 Å². The van der Waals surface area contributed by atoms with Gasteiger partial charge in [-0.25, -0.2) is 4.79 Å². The van der Waals surface area contributed by atoms with Crippen LogP contribution in [0, 0.1) is 11.3 Å². The van der Waals surface area contributed by atoms with Gasteiger partial charge in [0, 0.05) is 12.6 Å². The van der Waals surface area contributed by atoms with Crippen molar-refractivity contribution < 1.29 is 14.7 Å². The van der Waals surface area contributed by atoms with Crippen molar-refractivity contribution in [3.05, 3.63) is 0 Å². The zero-order chi connectivity index (χ0) is 11.1. The molecule has 0 aromatic heterocycles. The fraction of sp³-hybridized carbons (Fsp3) is 0.800. The number of amides is 2. The molecule has 0 spiro atoms. The number of carbonyl (C=O) groups excluding carboxylic acids is 1. The van der Waals surface area contributed by atoms with Crippen LogP contribution in [0.4, 0.5) is 4.79 Å². The predicted molar refractivity (Wildman–Crippen MR) is 53.4 cm³/mol. The van der Waals surface area contributed by atoms with Crippen LogP contribution in [0.3, 0.4) is 0 Å². The Morgan fingerprint density at radius 3 is 2.47 bits per heavy atom. The summed E-state index contributed by atoms with van der Waals surface area (Å²) in [4.78, 5) is 22.1. The number of carboxylic acids is 1. The van der Waals surface area contributed by atoms with Crippen LogP contribution in [0.5, 0.6) is 0 Å². The van der Waals surface area contributed by atoms with Crippen molar-refractivity contribution in [1.29, 1.82) is 0 Å². The van der Waals surface area contributed by atoms with E-state index in [9.17, 15) is 9.59 Å². The van der Waals surface area contributed by atoms with Gasteiger partial charge in [-0.1, -0.05) is 6.92 Å². The third-order valence-electron chi connectivity index (χ3n) is 3.32. The van der Waals surface area contributed by atoms with Gasteiger partial charge in [-0.05, 0) is 25.2 Å². The molecular weight excluding hydrogens is 196 g/mol. The second-order valence-corrected chi connectivity index (χ2v) is 4.73. The van der Waals surface area contributed by atoms with Gasteiger partial charge in [0.1, 0.15) is 0 Å². The molecule has 2 aliphatic carbocycles. The lowest BCUT2D eigenvalue weighted by Crippen LogP contribution is -2.41. The minimum Gasteiger partial charge on any atom is -0.481 e. The van der Waals surface area contributed by atoms with Crippen molar-refractivity contribution >= 4 is 12.0 Å². The molecule has 0 bridgehead atoms. The summed E-state index contributed by atoms with van der Waals surface area (Å²) in [6.07, 6.45) is 2.36. The fourth-order valence-electron chi connectivity index (χ4n) is 1.61.